The van der Waals surface area contributed by atoms with Crippen molar-refractivity contribution in [2.75, 3.05) is 18.4 Å². The number of aryl methyl sites for hydroxylation is 1. The Labute approximate surface area is 144 Å². The fraction of sp³-hybridized carbons (Fsp3) is 0.438. The van der Waals surface area contributed by atoms with Gasteiger partial charge in [-0.3, -0.25) is 14.8 Å². The van der Waals surface area contributed by atoms with Crippen molar-refractivity contribution < 1.29 is 9.72 Å². The van der Waals surface area contributed by atoms with Crippen molar-refractivity contribution in [3.05, 3.63) is 46.3 Å². The Morgan fingerprint density at radius 3 is 2.76 bits per heavy atom. The third kappa shape index (κ3) is 4.11. The van der Waals surface area contributed by atoms with E-state index in [0.717, 1.165) is 19.4 Å². The van der Waals surface area contributed by atoms with Gasteiger partial charge in [0.25, 0.3) is 5.69 Å². The summed E-state index contributed by atoms with van der Waals surface area (Å²) in [4.78, 5) is 24.5. The molecule has 9 heteroatoms. The van der Waals surface area contributed by atoms with E-state index >= 15 is 0 Å². The first-order valence-electron chi connectivity index (χ1n) is 8.18. The number of benzene rings is 1. The van der Waals surface area contributed by atoms with Crippen LogP contribution in [0.5, 0.6) is 0 Å². The Bertz CT molecular complexity index is 753. The highest BCUT2D eigenvalue weighted by molar-refractivity contribution is 5.90. The Morgan fingerprint density at radius 2 is 2.16 bits per heavy atom. The van der Waals surface area contributed by atoms with Crippen LogP contribution in [0.4, 0.5) is 16.2 Å². The molecule has 2 amide bonds. The van der Waals surface area contributed by atoms with Gasteiger partial charge >= 0.3 is 6.03 Å². The van der Waals surface area contributed by atoms with Crippen LogP contribution in [0.2, 0.25) is 0 Å². The van der Waals surface area contributed by atoms with E-state index in [1.807, 2.05) is 10.9 Å². The molecule has 1 aromatic carbocycles. The molecule has 0 atom stereocenters. The smallest absolute Gasteiger partial charge is 0.321 e. The molecule has 0 radical (unpaired) electrons. The van der Waals surface area contributed by atoms with E-state index in [0.29, 0.717) is 30.3 Å². The molecule has 1 aliphatic rings. The predicted molar refractivity (Wildman–Crippen MR) is 91.2 cm³/mol. The average molecular weight is 344 g/mol. The molecule has 132 valence electrons. The van der Waals surface area contributed by atoms with E-state index in [4.69, 9.17) is 0 Å². The number of carbonyl (C=O) groups is 1. The average Bonchev–Trinajstić information content (AvgIpc) is 3.10. The van der Waals surface area contributed by atoms with Gasteiger partial charge in [0.15, 0.2) is 0 Å². The lowest BCUT2D eigenvalue weighted by Gasteiger charge is -2.32. The van der Waals surface area contributed by atoms with Gasteiger partial charge in [0.2, 0.25) is 0 Å². The summed E-state index contributed by atoms with van der Waals surface area (Å²) < 4.78 is 1.82. The molecule has 1 fully saturated rings. The number of rotatable bonds is 4. The number of amides is 2. The Kier molecular flexibility index (Phi) is 4.92. The lowest BCUT2D eigenvalue weighted by Crippen LogP contribution is -2.41. The molecule has 1 saturated heterocycles. The largest absolute Gasteiger partial charge is 0.325 e. The number of nitro groups is 1. The fourth-order valence-electron chi connectivity index (χ4n) is 3.01. The summed E-state index contributed by atoms with van der Waals surface area (Å²) in [5.41, 5.74) is 1.29. The van der Waals surface area contributed by atoms with Crippen molar-refractivity contribution in [2.45, 2.75) is 26.3 Å². The first-order chi connectivity index (χ1) is 12.0. The number of urea groups is 1. The van der Waals surface area contributed by atoms with Gasteiger partial charge in [-0.15, -0.1) is 5.10 Å². The second-order valence-electron chi connectivity index (χ2n) is 6.24. The molecule has 0 bridgehead atoms. The zero-order valence-electron chi connectivity index (χ0n) is 14.0. The van der Waals surface area contributed by atoms with Gasteiger partial charge in [-0.05, 0) is 37.3 Å². The summed E-state index contributed by atoms with van der Waals surface area (Å²) in [6, 6.07) is 4.26. The normalized spacial score (nSPS) is 15.2. The molecule has 0 aliphatic carbocycles. The molecule has 2 heterocycles. The van der Waals surface area contributed by atoms with E-state index in [-0.39, 0.29) is 11.7 Å². The van der Waals surface area contributed by atoms with Crippen LogP contribution in [0.15, 0.2) is 30.6 Å². The van der Waals surface area contributed by atoms with Gasteiger partial charge in [0, 0.05) is 43.7 Å². The quantitative estimate of drug-likeness (QED) is 0.677. The molecule has 3 rings (SSSR count). The number of likely N-dealkylation sites (tertiary alicyclic amines) is 1. The lowest BCUT2D eigenvalue weighted by molar-refractivity contribution is -0.384. The fourth-order valence-corrected chi connectivity index (χ4v) is 3.01. The van der Waals surface area contributed by atoms with Crippen LogP contribution >= 0.6 is 0 Å². The molecule has 2 aromatic rings. The number of nitrogens with one attached hydrogen (secondary N) is 1. The van der Waals surface area contributed by atoms with Crippen LogP contribution in [0.25, 0.3) is 0 Å². The van der Waals surface area contributed by atoms with Crippen LogP contribution in [0.1, 0.15) is 18.4 Å². The van der Waals surface area contributed by atoms with Gasteiger partial charge < -0.3 is 10.2 Å². The van der Waals surface area contributed by atoms with Crippen molar-refractivity contribution in [2.24, 2.45) is 5.92 Å². The number of aromatic nitrogens is 3. The van der Waals surface area contributed by atoms with Crippen molar-refractivity contribution in [1.29, 1.82) is 0 Å². The minimum absolute atomic E-state index is 0.0180. The number of non-ortho nitro benzene ring substituents is 1. The Balaban J connectivity index is 1.53. The zero-order valence-corrected chi connectivity index (χ0v) is 14.0. The molecule has 0 saturated carbocycles. The van der Waals surface area contributed by atoms with E-state index < -0.39 is 4.92 Å². The number of piperidine rings is 1. The lowest BCUT2D eigenvalue weighted by atomic mass is 9.97. The van der Waals surface area contributed by atoms with Gasteiger partial charge in [-0.1, -0.05) is 5.21 Å². The number of nitrogens with zero attached hydrogens (tertiary/aromatic N) is 5. The number of hydrogen-bond acceptors (Lipinski definition) is 5. The number of carbonyl (C=O) groups excluding carboxylic acids is 1. The van der Waals surface area contributed by atoms with Crippen molar-refractivity contribution in [3.63, 3.8) is 0 Å². The minimum atomic E-state index is -0.446. The maximum Gasteiger partial charge on any atom is 0.321 e. The van der Waals surface area contributed by atoms with E-state index in [1.54, 1.807) is 24.1 Å². The Morgan fingerprint density at radius 1 is 1.40 bits per heavy atom. The van der Waals surface area contributed by atoms with E-state index in [2.05, 4.69) is 15.6 Å². The van der Waals surface area contributed by atoms with Crippen LogP contribution in [0.3, 0.4) is 0 Å². The molecule has 1 aromatic heterocycles. The maximum absolute atomic E-state index is 12.4. The summed E-state index contributed by atoms with van der Waals surface area (Å²) in [5.74, 6) is 0.479. The van der Waals surface area contributed by atoms with Crippen molar-refractivity contribution in [1.82, 2.24) is 19.9 Å². The number of hydrogen-bond donors (Lipinski definition) is 1. The van der Waals surface area contributed by atoms with Gasteiger partial charge in [0.1, 0.15) is 0 Å². The highest BCUT2D eigenvalue weighted by atomic mass is 16.6. The minimum Gasteiger partial charge on any atom is -0.325 e. The van der Waals surface area contributed by atoms with E-state index in [9.17, 15) is 14.9 Å². The Hall–Kier alpha value is -2.97. The molecule has 1 aliphatic heterocycles. The number of nitro benzene ring substituents is 1. The molecular weight excluding hydrogens is 324 g/mol. The maximum atomic E-state index is 12.4. The topological polar surface area (TPSA) is 106 Å². The van der Waals surface area contributed by atoms with Crippen LogP contribution in [-0.2, 0) is 6.54 Å². The van der Waals surface area contributed by atoms with Crippen LogP contribution < -0.4 is 5.32 Å². The van der Waals surface area contributed by atoms with Gasteiger partial charge in [-0.2, -0.15) is 0 Å². The highest BCUT2D eigenvalue weighted by Gasteiger charge is 2.23. The van der Waals surface area contributed by atoms with Gasteiger partial charge in [-0.25, -0.2) is 4.79 Å². The van der Waals surface area contributed by atoms with E-state index in [1.165, 1.54) is 12.1 Å². The molecule has 1 N–H and O–H groups in total. The first-order valence-corrected chi connectivity index (χ1v) is 8.18. The highest BCUT2D eigenvalue weighted by Crippen LogP contribution is 2.23. The predicted octanol–water partition coefficient (Wildman–Crippen LogP) is 2.44. The third-order valence-corrected chi connectivity index (χ3v) is 4.48. The summed E-state index contributed by atoms with van der Waals surface area (Å²) in [6.45, 7) is 3.92. The summed E-state index contributed by atoms with van der Waals surface area (Å²) >= 11 is 0. The zero-order chi connectivity index (χ0) is 17.8. The second-order valence-corrected chi connectivity index (χ2v) is 6.24. The summed E-state index contributed by atoms with van der Waals surface area (Å²) in [6.07, 6.45) is 5.32. The number of anilines is 1. The standard InChI is InChI=1S/C16H20N6O3/c1-12-10-14(22(24)25)2-3-15(12)18-16(23)20-7-4-13(5-8-20)11-21-9-6-17-19-21/h2-3,6,9-10,13H,4-5,7-8,11H2,1H3,(H,18,23). The molecular formula is C16H20N6O3. The third-order valence-electron chi connectivity index (χ3n) is 4.48. The molecule has 9 nitrogen and oxygen atoms in total. The summed E-state index contributed by atoms with van der Waals surface area (Å²) in [5, 5.41) is 21.4. The van der Waals surface area contributed by atoms with Crippen LogP contribution in [0, 0.1) is 23.0 Å². The van der Waals surface area contributed by atoms with Crippen LogP contribution in [-0.4, -0.2) is 43.9 Å². The summed E-state index contributed by atoms with van der Waals surface area (Å²) in [7, 11) is 0. The first kappa shape index (κ1) is 16.9. The molecule has 0 spiro atoms. The SMILES string of the molecule is Cc1cc([N+](=O)[O-])ccc1NC(=O)N1CCC(Cn2ccnn2)CC1. The molecule has 25 heavy (non-hydrogen) atoms. The van der Waals surface area contributed by atoms with Gasteiger partial charge in [0.05, 0.1) is 11.1 Å². The molecule has 0 unspecified atom stereocenters. The van der Waals surface area contributed by atoms with Crippen molar-refractivity contribution in [3.8, 4) is 0 Å². The second kappa shape index (κ2) is 7.29. The monoisotopic (exact) mass is 344 g/mol. The van der Waals surface area contributed by atoms with Crippen molar-refractivity contribution >= 4 is 17.4 Å².